The van der Waals surface area contributed by atoms with Crippen LogP contribution in [0.25, 0.3) is 0 Å². The molecule has 0 fully saturated rings. The van der Waals surface area contributed by atoms with Crippen LogP contribution in [0, 0.1) is 13.8 Å². The van der Waals surface area contributed by atoms with Gasteiger partial charge in [-0.2, -0.15) is 0 Å². The first-order chi connectivity index (χ1) is 11.6. The van der Waals surface area contributed by atoms with Gasteiger partial charge in [0.2, 0.25) is 0 Å². The summed E-state index contributed by atoms with van der Waals surface area (Å²) in [5.41, 5.74) is 3.85. The topological polar surface area (TPSA) is 79.8 Å². The molecule has 0 aliphatic rings. The Kier molecular flexibility index (Phi) is 4.47. The van der Waals surface area contributed by atoms with Gasteiger partial charge in [0.25, 0.3) is 5.91 Å². The fraction of sp³-hybridized carbons (Fsp3) is 0.111. The lowest BCUT2D eigenvalue weighted by Crippen LogP contribution is -2.14. The van der Waals surface area contributed by atoms with Crippen LogP contribution in [0.3, 0.4) is 0 Å². The fourth-order valence-corrected chi connectivity index (χ4v) is 2.10. The Bertz CT molecular complexity index is 844. The molecule has 3 aromatic rings. The van der Waals surface area contributed by atoms with Crippen LogP contribution >= 0.6 is 0 Å². The molecular formula is C18H17N5O. The number of aryl methyl sites for hydroxylation is 2. The molecule has 6 nitrogen and oxygen atoms in total. The number of amides is 1. The quantitative estimate of drug-likeness (QED) is 0.769. The molecule has 0 aliphatic carbocycles. The number of pyridine rings is 1. The Morgan fingerprint density at radius 1 is 0.917 bits per heavy atom. The Morgan fingerprint density at radius 2 is 1.62 bits per heavy atom. The SMILES string of the molecule is Cc1ccc(Nc2cnccc2NC(=O)c2cnc(C)nc2)cc1. The number of carbonyl (C=O) groups excluding carboxylic acids is 1. The van der Waals surface area contributed by atoms with Crippen LogP contribution in [0.5, 0.6) is 0 Å². The van der Waals surface area contributed by atoms with E-state index in [1.807, 2.05) is 31.2 Å². The van der Waals surface area contributed by atoms with Gasteiger partial charge in [0.1, 0.15) is 5.82 Å². The summed E-state index contributed by atoms with van der Waals surface area (Å²) in [6, 6.07) is 9.72. The highest BCUT2D eigenvalue weighted by Crippen LogP contribution is 2.24. The van der Waals surface area contributed by atoms with Gasteiger partial charge in [0.05, 0.1) is 23.1 Å². The Morgan fingerprint density at radius 3 is 2.33 bits per heavy atom. The van der Waals surface area contributed by atoms with E-state index in [9.17, 15) is 4.79 Å². The van der Waals surface area contributed by atoms with E-state index in [1.165, 1.54) is 18.0 Å². The van der Waals surface area contributed by atoms with Crippen molar-refractivity contribution in [3.8, 4) is 0 Å². The van der Waals surface area contributed by atoms with E-state index in [1.54, 1.807) is 25.4 Å². The molecule has 1 amide bonds. The molecule has 0 unspecified atom stereocenters. The average molecular weight is 319 g/mol. The first-order valence-corrected chi connectivity index (χ1v) is 7.49. The van der Waals surface area contributed by atoms with Gasteiger partial charge in [-0.15, -0.1) is 0 Å². The molecule has 24 heavy (non-hydrogen) atoms. The normalized spacial score (nSPS) is 10.2. The Balaban J connectivity index is 1.79. The Labute approximate surface area is 140 Å². The Hall–Kier alpha value is -3.28. The maximum absolute atomic E-state index is 12.3. The van der Waals surface area contributed by atoms with Crippen LogP contribution < -0.4 is 10.6 Å². The first kappa shape index (κ1) is 15.6. The van der Waals surface area contributed by atoms with Gasteiger partial charge in [0, 0.05) is 24.3 Å². The van der Waals surface area contributed by atoms with Crippen molar-refractivity contribution in [1.29, 1.82) is 0 Å². The maximum atomic E-state index is 12.3. The number of hydrogen-bond donors (Lipinski definition) is 2. The van der Waals surface area contributed by atoms with Gasteiger partial charge in [-0.1, -0.05) is 17.7 Å². The number of carbonyl (C=O) groups is 1. The molecule has 0 atom stereocenters. The van der Waals surface area contributed by atoms with Crippen LogP contribution in [-0.2, 0) is 0 Å². The van der Waals surface area contributed by atoms with Crippen molar-refractivity contribution in [2.45, 2.75) is 13.8 Å². The second-order valence-corrected chi connectivity index (χ2v) is 5.39. The highest BCUT2D eigenvalue weighted by molar-refractivity contribution is 6.05. The highest BCUT2D eigenvalue weighted by Gasteiger charge is 2.10. The van der Waals surface area contributed by atoms with Gasteiger partial charge in [-0.25, -0.2) is 9.97 Å². The smallest absolute Gasteiger partial charge is 0.258 e. The van der Waals surface area contributed by atoms with Gasteiger partial charge in [0.15, 0.2) is 0 Å². The van der Waals surface area contributed by atoms with E-state index in [-0.39, 0.29) is 5.91 Å². The summed E-state index contributed by atoms with van der Waals surface area (Å²) in [4.78, 5) is 24.5. The first-order valence-electron chi connectivity index (χ1n) is 7.49. The lowest BCUT2D eigenvalue weighted by atomic mass is 10.2. The number of rotatable bonds is 4. The maximum Gasteiger partial charge on any atom is 0.258 e. The molecule has 0 radical (unpaired) electrons. The van der Waals surface area contributed by atoms with Crippen LogP contribution in [-0.4, -0.2) is 20.9 Å². The molecule has 2 heterocycles. The number of benzene rings is 1. The van der Waals surface area contributed by atoms with Crippen molar-refractivity contribution in [1.82, 2.24) is 15.0 Å². The minimum Gasteiger partial charge on any atom is -0.353 e. The van der Waals surface area contributed by atoms with Gasteiger partial charge < -0.3 is 10.6 Å². The summed E-state index contributed by atoms with van der Waals surface area (Å²) >= 11 is 0. The molecular weight excluding hydrogens is 302 g/mol. The molecule has 0 saturated carbocycles. The molecule has 0 saturated heterocycles. The summed E-state index contributed by atoms with van der Waals surface area (Å²) in [6.07, 6.45) is 6.31. The predicted octanol–water partition coefficient (Wildman–Crippen LogP) is 3.48. The molecule has 0 aliphatic heterocycles. The number of nitrogens with zero attached hydrogens (tertiary/aromatic N) is 3. The highest BCUT2D eigenvalue weighted by atomic mass is 16.1. The second-order valence-electron chi connectivity index (χ2n) is 5.39. The summed E-state index contributed by atoms with van der Waals surface area (Å²) in [7, 11) is 0. The summed E-state index contributed by atoms with van der Waals surface area (Å²) < 4.78 is 0. The summed E-state index contributed by atoms with van der Waals surface area (Å²) in [6.45, 7) is 3.80. The van der Waals surface area contributed by atoms with Crippen molar-refractivity contribution in [2.24, 2.45) is 0 Å². The summed E-state index contributed by atoms with van der Waals surface area (Å²) in [5.74, 6) is 0.352. The molecule has 2 N–H and O–H groups in total. The third-order valence-corrected chi connectivity index (χ3v) is 3.44. The lowest BCUT2D eigenvalue weighted by molar-refractivity contribution is 0.102. The largest absolute Gasteiger partial charge is 0.353 e. The zero-order valence-corrected chi connectivity index (χ0v) is 13.4. The van der Waals surface area contributed by atoms with Crippen molar-refractivity contribution in [2.75, 3.05) is 10.6 Å². The van der Waals surface area contributed by atoms with E-state index in [0.717, 1.165) is 5.69 Å². The van der Waals surface area contributed by atoms with Crippen molar-refractivity contribution in [3.63, 3.8) is 0 Å². The van der Waals surface area contributed by atoms with Crippen molar-refractivity contribution in [3.05, 3.63) is 72.1 Å². The number of aromatic nitrogens is 3. The van der Waals surface area contributed by atoms with Crippen LogP contribution in [0.1, 0.15) is 21.7 Å². The van der Waals surface area contributed by atoms with Gasteiger partial charge in [-0.05, 0) is 32.0 Å². The van der Waals surface area contributed by atoms with Crippen LogP contribution in [0.15, 0.2) is 55.1 Å². The van der Waals surface area contributed by atoms with E-state index in [2.05, 4.69) is 25.6 Å². The van der Waals surface area contributed by atoms with Gasteiger partial charge in [-0.3, -0.25) is 9.78 Å². The van der Waals surface area contributed by atoms with E-state index < -0.39 is 0 Å². The molecule has 6 heteroatoms. The summed E-state index contributed by atoms with van der Waals surface area (Å²) in [5, 5.41) is 6.11. The predicted molar refractivity (Wildman–Crippen MR) is 93.4 cm³/mol. The molecule has 0 bridgehead atoms. The molecule has 3 rings (SSSR count). The number of hydrogen-bond acceptors (Lipinski definition) is 5. The van der Waals surface area contributed by atoms with E-state index in [4.69, 9.17) is 0 Å². The molecule has 2 aromatic heterocycles. The molecule has 120 valence electrons. The zero-order chi connectivity index (χ0) is 16.9. The number of anilines is 3. The minimum atomic E-state index is -0.270. The fourth-order valence-electron chi connectivity index (χ4n) is 2.10. The van der Waals surface area contributed by atoms with Crippen LogP contribution in [0.4, 0.5) is 17.1 Å². The van der Waals surface area contributed by atoms with Crippen molar-refractivity contribution < 1.29 is 4.79 Å². The average Bonchev–Trinajstić information content (AvgIpc) is 2.59. The van der Waals surface area contributed by atoms with E-state index >= 15 is 0 Å². The molecule has 0 spiro atoms. The minimum absolute atomic E-state index is 0.270. The number of nitrogens with one attached hydrogen (secondary N) is 2. The monoisotopic (exact) mass is 319 g/mol. The lowest BCUT2D eigenvalue weighted by Gasteiger charge is -2.12. The van der Waals surface area contributed by atoms with E-state index in [0.29, 0.717) is 22.8 Å². The zero-order valence-electron chi connectivity index (χ0n) is 13.4. The second kappa shape index (κ2) is 6.87. The third-order valence-electron chi connectivity index (χ3n) is 3.44. The van der Waals surface area contributed by atoms with Crippen molar-refractivity contribution >= 4 is 23.0 Å². The third kappa shape index (κ3) is 3.73. The standard InChI is InChI=1S/C18H17N5O/c1-12-3-5-15(6-4-12)22-17-11-19-8-7-16(17)23-18(24)14-9-20-13(2)21-10-14/h3-11,22H,1-2H3,(H,19,23,24). The van der Waals surface area contributed by atoms with Gasteiger partial charge >= 0.3 is 0 Å². The van der Waals surface area contributed by atoms with Crippen LogP contribution in [0.2, 0.25) is 0 Å². The molecule has 1 aromatic carbocycles.